The van der Waals surface area contributed by atoms with Crippen LogP contribution < -0.4 is 4.89 Å². The number of fused-ring (bicyclic) bond motifs is 10. The highest BCUT2D eigenvalue weighted by Gasteiger charge is 2.61. The molecular weight excluding hydrogens is 930 g/mol. The molecule has 0 bridgehead atoms. The van der Waals surface area contributed by atoms with Gasteiger partial charge in [0.05, 0.1) is 40.0 Å². The maximum Gasteiger partial charge on any atom is 0.335 e. The minimum absolute atomic E-state index is 0.0277. The van der Waals surface area contributed by atoms with Gasteiger partial charge in [0.2, 0.25) is 0 Å². The molecule has 10 heteroatoms. The molecule has 0 spiro atoms. The minimum Gasteiger partial charge on any atom is -0.756 e. The molecule has 8 aliphatic carbocycles. The molecular formula is C63H108NO8P. The van der Waals surface area contributed by atoms with E-state index >= 15 is 0 Å². The van der Waals surface area contributed by atoms with Gasteiger partial charge in [-0.15, -0.1) is 0 Å². The monoisotopic (exact) mass is 1040 g/mol. The maximum absolute atomic E-state index is 13.5. The van der Waals surface area contributed by atoms with E-state index in [1.54, 1.807) is 0 Å². The fraction of sp³-hybridized carbons (Fsp3) is 0.921. The van der Waals surface area contributed by atoms with Crippen molar-refractivity contribution in [2.24, 2.45) is 92.7 Å². The Balaban J connectivity index is 0.946. The van der Waals surface area contributed by atoms with Gasteiger partial charge in [-0.05, 0) is 195 Å². The molecule has 10 unspecified atom stereocenters. The van der Waals surface area contributed by atoms with Crippen LogP contribution in [0.1, 0.15) is 210 Å². The number of nitrogens with zero attached hydrogens (tertiary/aromatic N) is 1. The van der Waals surface area contributed by atoms with Crippen LogP contribution in [0.5, 0.6) is 0 Å². The number of aliphatic carboxylic acids is 1. The van der Waals surface area contributed by atoms with Crippen LogP contribution >= 0.6 is 7.82 Å². The van der Waals surface area contributed by atoms with Crippen molar-refractivity contribution in [3.05, 3.63) is 23.3 Å². The highest BCUT2D eigenvalue weighted by Crippen LogP contribution is 2.69. The second-order valence-electron chi connectivity index (χ2n) is 29.5. The summed E-state index contributed by atoms with van der Waals surface area (Å²) in [5.41, 5.74) is 3.92. The van der Waals surface area contributed by atoms with Crippen molar-refractivity contribution in [3.63, 3.8) is 0 Å². The van der Waals surface area contributed by atoms with Gasteiger partial charge in [0.1, 0.15) is 19.3 Å². The van der Waals surface area contributed by atoms with E-state index in [2.05, 4.69) is 81.4 Å². The lowest BCUT2D eigenvalue weighted by Gasteiger charge is -2.59. The average molecular weight is 1040 g/mol. The van der Waals surface area contributed by atoms with Crippen LogP contribution in [0.4, 0.5) is 0 Å². The van der Waals surface area contributed by atoms with Gasteiger partial charge in [0.25, 0.3) is 7.82 Å². The van der Waals surface area contributed by atoms with Crippen LogP contribution in [-0.2, 0) is 27.9 Å². The Morgan fingerprint density at radius 3 is 1.56 bits per heavy atom. The summed E-state index contributed by atoms with van der Waals surface area (Å²) >= 11 is 0. The number of phosphoric ester groups is 1. The van der Waals surface area contributed by atoms with Gasteiger partial charge < -0.3 is 33.0 Å². The van der Waals surface area contributed by atoms with E-state index in [9.17, 15) is 19.4 Å². The molecule has 73 heavy (non-hydrogen) atoms. The number of quaternary nitrogens is 1. The lowest BCUT2D eigenvalue weighted by Crippen LogP contribution is -2.52. The Kier molecular flexibility index (Phi) is 18.3. The maximum atomic E-state index is 13.5. The summed E-state index contributed by atoms with van der Waals surface area (Å²) in [5, 5.41) is 11.0. The quantitative estimate of drug-likeness (QED) is 0.0611. The highest BCUT2D eigenvalue weighted by molar-refractivity contribution is 7.45. The standard InChI is InChI=1S/C63H108NO8P/c1-41(2)16-14-18-43(5)51-24-26-53-49-22-20-45-38-47(28-32-60(45,7)55(49)30-34-62(51,53)9)71-57(40-70-73(67,68)69-37-36-64(11,12)13)58(59(65)66)72-48-29-33-61(8)46(39-48)21-23-50-54-27-25-52(44(6)19-15-17-42(3)4)63(54,10)35-31-56(50)61/h20-21,41-44,47-58H,14-19,22-40H2,1-13H3,(H-,65,66,67,68)/t43-,44-,47?,48?,49?,50?,51-,52-,53?,54?,55?,56?,57+,58?,60+,61+,62-,63-/m1/s1. The predicted octanol–water partition coefficient (Wildman–Crippen LogP) is 14.9. The molecule has 8 aliphatic rings. The van der Waals surface area contributed by atoms with Crippen molar-refractivity contribution >= 4 is 13.8 Å². The van der Waals surface area contributed by atoms with E-state index in [0.717, 1.165) is 92.3 Å². The molecule has 19 atom stereocenters. The molecule has 0 aromatic heterocycles. The van der Waals surface area contributed by atoms with Crippen LogP contribution in [0.25, 0.3) is 0 Å². The van der Waals surface area contributed by atoms with E-state index in [1.165, 1.54) is 101 Å². The predicted molar refractivity (Wildman–Crippen MR) is 293 cm³/mol. The number of phosphoric acid groups is 1. The fourth-order valence-corrected chi connectivity index (χ4v) is 19.8. The van der Waals surface area contributed by atoms with Gasteiger partial charge in [-0.2, -0.15) is 0 Å². The molecule has 8 rings (SSSR count). The SMILES string of the molecule is CC(C)CCC[C@@H](C)[C@H]1CCC2C3CC=C4CC(OC(C(=O)O)[C@H](COP(=O)([O-])OCC[N+](C)(C)C)OC5CC[C@@]6(C)C(=CCC7C6CC[C@@]6(C)C7CC[C@@H]6[C@H](C)CCCC(C)C)C5)CC[C@]4(C)C3CC[C@@]21C. The number of likely N-dealkylation sites (N-methyl/N-ethyl adjacent to an activating group) is 1. The van der Waals surface area contributed by atoms with Crippen molar-refractivity contribution in [2.45, 2.75) is 235 Å². The molecule has 418 valence electrons. The number of allylic oxidation sites excluding steroid dienone is 2. The van der Waals surface area contributed by atoms with Crippen molar-refractivity contribution in [1.29, 1.82) is 0 Å². The van der Waals surface area contributed by atoms with Gasteiger partial charge in [0.15, 0.2) is 6.10 Å². The van der Waals surface area contributed by atoms with Gasteiger partial charge in [0, 0.05) is 0 Å². The molecule has 1 N–H and O–H groups in total. The van der Waals surface area contributed by atoms with E-state index in [0.29, 0.717) is 52.0 Å². The lowest BCUT2D eigenvalue weighted by atomic mass is 9.47. The Labute approximate surface area is 446 Å². The summed E-state index contributed by atoms with van der Waals surface area (Å²) in [4.78, 5) is 26.8. The Morgan fingerprint density at radius 1 is 0.658 bits per heavy atom. The molecule has 0 amide bonds. The van der Waals surface area contributed by atoms with Crippen molar-refractivity contribution in [2.75, 3.05) is 40.9 Å². The summed E-state index contributed by atoms with van der Waals surface area (Å²) < 4.78 is 38.5. The zero-order chi connectivity index (χ0) is 52.9. The first-order chi connectivity index (χ1) is 34.3. The highest BCUT2D eigenvalue weighted by atomic mass is 31.2. The normalized spacial score (nSPS) is 40.7. The molecule has 6 saturated carbocycles. The zero-order valence-electron chi connectivity index (χ0n) is 48.8. The van der Waals surface area contributed by atoms with E-state index < -0.39 is 32.6 Å². The zero-order valence-corrected chi connectivity index (χ0v) is 49.7. The smallest absolute Gasteiger partial charge is 0.335 e. The van der Waals surface area contributed by atoms with Crippen LogP contribution in [-0.4, -0.2) is 80.9 Å². The second kappa shape index (κ2) is 23.0. The topological polar surface area (TPSA) is 114 Å². The Morgan fingerprint density at radius 2 is 1.12 bits per heavy atom. The van der Waals surface area contributed by atoms with E-state index in [-0.39, 0.29) is 29.6 Å². The van der Waals surface area contributed by atoms with Gasteiger partial charge >= 0.3 is 5.97 Å². The van der Waals surface area contributed by atoms with Crippen LogP contribution in [0.2, 0.25) is 0 Å². The van der Waals surface area contributed by atoms with E-state index in [4.69, 9.17) is 18.5 Å². The average Bonchev–Trinajstić information content (AvgIpc) is 3.86. The van der Waals surface area contributed by atoms with Crippen molar-refractivity contribution < 1.29 is 42.4 Å². The van der Waals surface area contributed by atoms with Crippen molar-refractivity contribution in [1.82, 2.24) is 0 Å². The molecule has 0 saturated heterocycles. The van der Waals surface area contributed by atoms with Crippen molar-refractivity contribution in [3.8, 4) is 0 Å². The summed E-state index contributed by atoms with van der Waals surface area (Å²) in [7, 11) is 1.16. The Bertz CT molecular complexity index is 1990. The number of carbonyl (C=O) groups is 1. The number of hydrogen-bond acceptors (Lipinski definition) is 7. The third kappa shape index (κ3) is 12.4. The second-order valence-corrected chi connectivity index (χ2v) is 30.9. The van der Waals surface area contributed by atoms with Crippen LogP contribution in [0.3, 0.4) is 0 Å². The first kappa shape index (κ1) is 58.1. The summed E-state index contributed by atoms with van der Waals surface area (Å²) in [6.45, 7) is 24.9. The third-order valence-electron chi connectivity index (χ3n) is 23.2. The Hall–Kier alpha value is -1.06. The molecule has 0 aromatic carbocycles. The third-order valence-corrected chi connectivity index (χ3v) is 24.2. The fourth-order valence-electron chi connectivity index (χ4n) is 19.1. The largest absolute Gasteiger partial charge is 0.756 e. The number of hydrogen-bond donors (Lipinski definition) is 1. The van der Waals surface area contributed by atoms with Crippen LogP contribution in [0, 0.1) is 92.7 Å². The molecule has 0 aliphatic heterocycles. The van der Waals surface area contributed by atoms with E-state index in [1.807, 2.05) is 21.1 Å². The number of carboxylic acids is 1. The number of ether oxygens (including phenoxy) is 2. The van der Waals surface area contributed by atoms with Gasteiger partial charge in [-0.1, -0.05) is 131 Å². The van der Waals surface area contributed by atoms with Gasteiger partial charge in [-0.25, -0.2) is 4.79 Å². The molecule has 0 heterocycles. The lowest BCUT2D eigenvalue weighted by molar-refractivity contribution is -0.870. The summed E-state index contributed by atoms with van der Waals surface area (Å²) in [6, 6.07) is 0. The summed E-state index contributed by atoms with van der Waals surface area (Å²) in [5.74, 6) is 7.88. The minimum atomic E-state index is -4.77. The van der Waals surface area contributed by atoms with Crippen LogP contribution in [0.15, 0.2) is 23.3 Å². The first-order valence-corrected chi connectivity index (χ1v) is 32.1. The number of carboxylic acid groups (broad SMARTS) is 1. The molecule has 6 fully saturated rings. The number of rotatable bonds is 23. The molecule has 9 nitrogen and oxygen atoms in total. The summed E-state index contributed by atoms with van der Waals surface area (Å²) in [6.07, 6.45) is 28.0. The molecule has 0 aromatic rings. The molecule has 0 radical (unpaired) electrons. The first-order valence-electron chi connectivity index (χ1n) is 30.6. The van der Waals surface area contributed by atoms with Gasteiger partial charge in [-0.3, -0.25) is 4.57 Å².